The molecule has 1 radical (unpaired) electrons. The monoisotopic (exact) mass is 254 g/mol. The molecular formula is C8H14CoF3N2-. The van der Waals surface area contributed by atoms with E-state index in [2.05, 4.69) is 10.3 Å². The molecule has 1 unspecified atom stereocenters. The summed E-state index contributed by atoms with van der Waals surface area (Å²) in [6, 6.07) is -1.70. The number of halogens is 3. The van der Waals surface area contributed by atoms with Gasteiger partial charge in [-0.2, -0.15) is 13.2 Å². The first-order valence-electron chi connectivity index (χ1n) is 4.05. The van der Waals surface area contributed by atoms with Gasteiger partial charge in [0, 0.05) is 16.8 Å². The molecule has 0 N–H and O–H groups in total. The predicted molar refractivity (Wildman–Crippen MR) is 47.1 cm³/mol. The molecule has 0 saturated carbocycles. The van der Waals surface area contributed by atoms with E-state index in [0.717, 1.165) is 6.92 Å². The third-order valence-corrected chi connectivity index (χ3v) is 1.30. The van der Waals surface area contributed by atoms with Crippen LogP contribution in [0, 0.1) is 0 Å². The zero-order chi connectivity index (χ0) is 10.6. The first kappa shape index (κ1) is 16.2. The topological polar surface area (TPSA) is 26.5 Å². The van der Waals surface area contributed by atoms with Crippen molar-refractivity contribution in [3.8, 4) is 0 Å². The maximum atomic E-state index is 12.0. The summed E-state index contributed by atoms with van der Waals surface area (Å²) in [5.74, 6) is 0.194. The molecular weight excluding hydrogens is 240 g/mol. The van der Waals surface area contributed by atoms with E-state index >= 15 is 0 Å². The molecule has 0 aromatic rings. The molecule has 0 rings (SSSR count). The van der Waals surface area contributed by atoms with Gasteiger partial charge in [-0.25, -0.2) is 0 Å². The quantitative estimate of drug-likeness (QED) is 0.534. The second-order valence-corrected chi connectivity index (χ2v) is 3.12. The minimum atomic E-state index is -4.27. The molecule has 0 spiro atoms. The van der Waals surface area contributed by atoms with E-state index in [4.69, 9.17) is 0 Å². The third kappa shape index (κ3) is 7.20. The van der Waals surface area contributed by atoms with E-state index < -0.39 is 12.2 Å². The van der Waals surface area contributed by atoms with Gasteiger partial charge in [-0.15, -0.1) is 0 Å². The fraction of sp³-hybridized carbons (Fsp3) is 0.875. The van der Waals surface area contributed by atoms with Gasteiger partial charge in [-0.05, 0) is 13.0 Å². The van der Waals surface area contributed by atoms with Crippen molar-refractivity contribution >= 4 is 5.84 Å². The molecule has 0 bridgehead atoms. The van der Waals surface area contributed by atoms with Crippen LogP contribution in [0.15, 0.2) is 4.99 Å². The third-order valence-electron chi connectivity index (χ3n) is 1.30. The Kier molecular flexibility index (Phi) is 7.28. The molecule has 0 heterocycles. The van der Waals surface area contributed by atoms with Gasteiger partial charge in [-0.3, -0.25) is 0 Å². The van der Waals surface area contributed by atoms with Gasteiger partial charge in [0.05, 0.1) is 6.04 Å². The van der Waals surface area contributed by atoms with Crippen LogP contribution in [-0.4, -0.2) is 24.1 Å². The van der Waals surface area contributed by atoms with Crippen molar-refractivity contribution in [3.05, 3.63) is 5.32 Å². The molecule has 0 amide bonds. The Morgan fingerprint density at radius 3 is 1.93 bits per heavy atom. The zero-order valence-electron chi connectivity index (χ0n) is 8.52. The fourth-order valence-corrected chi connectivity index (χ4v) is 0.760. The molecule has 0 fully saturated rings. The Morgan fingerprint density at radius 1 is 1.21 bits per heavy atom. The van der Waals surface area contributed by atoms with Crippen LogP contribution in [0.25, 0.3) is 5.32 Å². The van der Waals surface area contributed by atoms with E-state index in [1.807, 2.05) is 0 Å². The maximum absolute atomic E-state index is 12.0. The van der Waals surface area contributed by atoms with E-state index in [-0.39, 0.29) is 28.7 Å². The van der Waals surface area contributed by atoms with Crippen LogP contribution in [-0.2, 0) is 16.8 Å². The Balaban J connectivity index is 0. The minimum absolute atomic E-state index is 0. The zero-order valence-corrected chi connectivity index (χ0v) is 9.56. The van der Waals surface area contributed by atoms with Crippen molar-refractivity contribution in [2.45, 2.75) is 46.0 Å². The van der Waals surface area contributed by atoms with Crippen LogP contribution in [0.3, 0.4) is 0 Å². The number of aliphatic imine (C=N–C) groups is 1. The molecule has 0 aromatic carbocycles. The van der Waals surface area contributed by atoms with Crippen molar-refractivity contribution in [3.63, 3.8) is 0 Å². The van der Waals surface area contributed by atoms with Crippen molar-refractivity contribution < 1.29 is 30.0 Å². The largest absolute Gasteiger partial charge is 0.467 e. The number of rotatable bonds is 2. The molecule has 6 heteroatoms. The van der Waals surface area contributed by atoms with Crippen LogP contribution in [0.1, 0.15) is 27.7 Å². The Hall–Kier alpha value is -0.234. The van der Waals surface area contributed by atoms with Crippen LogP contribution < -0.4 is 0 Å². The maximum Gasteiger partial charge on any atom is 0.390 e. The molecule has 2 nitrogen and oxygen atoms in total. The SMILES string of the molecule is CC(=NC(C)C)[N-]C(C)C(F)(F)F.[Co]. The number of alkyl halides is 3. The van der Waals surface area contributed by atoms with Gasteiger partial charge in [0.2, 0.25) is 0 Å². The van der Waals surface area contributed by atoms with Gasteiger partial charge < -0.3 is 10.3 Å². The normalized spacial score (nSPS) is 15.0. The second-order valence-electron chi connectivity index (χ2n) is 3.12. The smallest absolute Gasteiger partial charge is 0.390 e. The Bertz CT molecular complexity index is 190. The minimum Gasteiger partial charge on any atom is -0.467 e. The molecule has 0 aliphatic rings. The first-order chi connectivity index (χ1) is 5.73. The van der Waals surface area contributed by atoms with Gasteiger partial charge >= 0.3 is 6.18 Å². The van der Waals surface area contributed by atoms with Crippen molar-refractivity contribution in [1.29, 1.82) is 0 Å². The summed E-state index contributed by atoms with van der Waals surface area (Å²) in [6.45, 7) is 6.07. The first-order valence-corrected chi connectivity index (χ1v) is 4.05. The van der Waals surface area contributed by atoms with E-state index in [9.17, 15) is 13.2 Å². The number of amidine groups is 1. The van der Waals surface area contributed by atoms with Gasteiger partial charge in [-0.1, -0.05) is 26.6 Å². The molecule has 0 aliphatic heterocycles. The van der Waals surface area contributed by atoms with Gasteiger partial charge in [0.25, 0.3) is 0 Å². The summed E-state index contributed by atoms with van der Waals surface area (Å²) in [5, 5.41) is 3.41. The van der Waals surface area contributed by atoms with E-state index in [1.165, 1.54) is 6.92 Å². The average molecular weight is 254 g/mol. The average Bonchev–Trinajstić information content (AvgIpc) is 1.82. The molecule has 87 valence electrons. The standard InChI is InChI=1S/C8H14F3N2.Co/c1-5(2)12-7(4)13-6(3)8(9,10)11;/h5-6H,1-4H3;/q-1;. The van der Waals surface area contributed by atoms with Crippen molar-refractivity contribution in [1.82, 2.24) is 0 Å². The Morgan fingerprint density at radius 2 is 1.64 bits per heavy atom. The van der Waals surface area contributed by atoms with Crippen LogP contribution in [0.5, 0.6) is 0 Å². The summed E-state index contributed by atoms with van der Waals surface area (Å²) in [7, 11) is 0. The summed E-state index contributed by atoms with van der Waals surface area (Å²) in [6.07, 6.45) is -4.27. The van der Waals surface area contributed by atoms with Gasteiger partial charge in [0.1, 0.15) is 0 Å². The van der Waals surface area contributed by atoms with Crippen LogP contribution in [0.4, 0.5) is 13.2 Å². The summed E-state index contributed by atoms with van der Waals surface area (Å²) in [4.78, 5) is 3.88. The van der Waals surface area contributed by atoms with Crippen LogP contribution in [0.2, 0.25) is 0 Å². The Labute approximate surface area is 92.6 Å². The summed E-state index contributed by atoms with van der Waals surface area (Å²) in [5.41, 5.74) is 0. The number of nitrogens with zero attached hydrogens (tertiary/aromatic N) is 2. The fourth-order valence-electron chi connectivity index (χ4n) is 0.760. The second kappa shape index (κ2) is 6.29. The van der Waals surface area contributed by atoms with E-state index in [1.54, 1.807) is 13.8 Å². The summed E-state index contributed by atoms with van der Waals surface area (Å²) < 4.78 is 36.0. The van der Waals surface area contributed by atoms with Gasteiger partial charge in [0.15, 0.2) is 0 Å². The predicted octanol–water partition coefficient (Wildman–Crippen LogP) is 3.14. The molecule has 0 aromatic heterocycles. The molecule has 1 atom stereocenters. The van der Waals surface area contributed by atoms with Crippen molar-refractivity contribution in [2.75, 3.05) is 0 Å². The number of hydrogen-bond acceptors (Lipinski definition) is 1. The molecule has 0 aliphatic carbocycles. The van der Waals surface area contributed by atoms with E-state index in [0.29, 0.717) is 0 Å². The number of hydrogen-bond donors (Lipinski definition) is 0. The molecule has 14 heavy (non-hydrogen) atoms. The molecule has 0 saturated heterocycles. The summed E-state index contributed by atoms with van der Waals surface area (Å²) >= 11 is 0. The van der Waals surface area contributed by atoms with Crippen LogP contribution >= 0.6 is 0 Å². The van der Waals surface area contributed by atoms with Crippen molar-refractivity contribution in [2.24, 2.45) is 4.99 Å².